The first-order valence-corrected chi connectivity index (χ1v) is 11.2. The van der Waals surface area contributed by atoms with Gasteiger partial charge in [-0.1, -0.05) is 6.92 Å². The minimum absolute atomic E-state index is 0.0541. The number of benzene rings is 1. The molecule has 6 nitrogen and oxygen atoms in total. The molecule has 9 heteroatoms. The van der Waals surface area contributed by atoms with E-state index in [1.54, 1.807) is 0 Å². The second-order valence-electron chi connectivity index (χ2n) is 9.37. The lowest BCUT2D eigenvalue weighted by atomic mass is 9.93. The Bertz CT molecular complexity index is 966. The number of alkyl halides is 3. The normalized spacial score (nSPS) is 25.2. The van der Waals surface area contributed by atoms with Crippen molar-refractivity contribution in [1.29, 1.82) is 0 Å². The van der Waals surface area contributed by atoms with Crippen molar-refractivity contribution >= 4 is 22.6 Å². The molecule has 1 unspecified atom stereocenters. The first-order valence-electron chi connectivity index (χ1n) is 11.2. The van der Waals surface area contributed by atoms with Gasteiger partial charge >= 0.3 is 6.18 Å². The number of rotatable bonds is 4. The number of nitrogens with one attached hydrogen (secondary N) is 1. The zero-order chi connectivity index (χ0) is 22.9. The van der Waals surface area contributed by atoms with E-state index >= 15 is 0 Å². The molecule has 1 amide bonds. The Kier molecular flexibility index (Phi) is 6.55. The van der Waals surface area contributed by atoms with Gasteiger partial charge in [0, 0.05) is 44.5 Å². The van der Waals surface area contributed by atoms with Crippen LogP contribution in [-0.2, 0) is 11.0 Å². The molecule has 0 saturated carbocycles. The first kappa shape index (κ1) is 22.8. The molecule has 0 spiro atoms. The quantitative estimate of drug-likeness (QED) is 0.771. The second-order valence-corrected chi connectivity index (χ2v) is 9.37. The fourth-order valence-electron chi connectivity index (χ4n) is 5.17. The van der Waals surface area contributed by atoms with Crippen molar-refractivity contribution in [2.45, 2.75) is 44.8 Å². The van der Waals surface area contributed by atoms with E-state index in [9.17, 15) is 18.0 Å². The number of nitrogens with zero attached hydrogens (tertiary/aromatic N) is 4. The van der Waals surface area contributed by atoms with Crippen molar-refractivity contribution < 1.29 is 18.0 Å². The standard InChI is InChI=1S/C23H30F3N5O/c1-15-10-17(29-20(32)11-16-4-3-9-30(2)13-16)14-31(12-15)19-6-5-18(23(24,25)26)21-22(19)28-8-7-27-21/h5-8,15-17H,3-4,9-14H2,1-2H3,(H,29,32)/t15-,16?,17+/m0/s1. The lowest BCUT2D eigenvalue weighted by Crippen LogP contribution is -2.51. The zero-order valence-corrected chi connectivity index (χ0v) is 18.5. The van der Waals surface area contributed by atoms with Crippen molar-refractivity contribution in [2.75, 3.05) is 38.1 Å². The summed E-state index contributed by atoms with van der Waals surface area (Å²) in [6.45, 7) is 5.35. The Hall–Kier alpha value is -2.42. The fraction of sp³-hybridized carbons (Fsp3) is 0.609. The Morgan fingerprint density at radius 3 is 2.62 bits per heavy atom. The highest BCUT2D eigenvalue weighted by molar-refractivity contribution is 5.91. The summed E-state index contributed by atoms with van der Waals surface area (Å²) in [5, 5.41) is 3.18. The fourth-order valence-corrected chi connectivity index (χ4v) is 5.17. The van der Waals surface area contributed by atoms with Crippen LogP contribution in [-0.4, -0.2) is 60.0 Å². The van der Waals surface area contributed by atoms with Crippen LogP contribution in [0.25, 0.3) is 11.0 Å². The van der Waals surface area contributed by atoms with Gasteiger partial charge in [0.1, 0.15) is 11.0 Å². The molecule has 0 bridgehead atoms. The maximum absolute atomic E-state index is 13.4. The molecular formula is C23H30F3N5O. The number of aromatic nitrogens is 2. The summed E-state index contributed by atoms with van der Waals surface area (Å²) >= 11 is 0. The number of amides is 1. The van der Waals surface area contributed by atoms with Crippen molar-refractivity contribution in [3.63, 3.8) is 0 Å². The number of carbonyl (C=O) groups is 1. The summed E-state index contributed by atoms with van der Waals surface area (Å²) < 4.78 is 40.3. The molecule has 2 aliphatic rings. The molecule has 2 saturated heterocycles. The summed E-state index contributed by atoms with van der Waals surface area (Å²) in [7, 11) is 2.09. The van der Waals surface area contributed by atoms with E-state index < -0.39 is 11.7 Å². The molecule has 32 heavy (non-hydrogen) atoms. The van der Waals surface area contributed by atoms with Crippen molar-refractivity contribution in [3.8, 4) is 0 Å². The third-order valence-corrected chi connectivity index (χ3v) is 6.47. The van der Waals surface area contributed by atoms with Gasteiger partial charge in [0.15, 0.2) is 0 Å². The highest BCUT2D eigenvalue weighted by atomic mass is 19.4. The predicted octanol–water partition coefficient (Wildman–Crippen LogP) is 3.71. The van der Waals surface area contributed by atoms with Gasteiger partial charge < -0.3 is 15.1 Å². The van der Waals surface area contributed by atoms with Crippen molar-refractivity contribution in [1.82, 2.24) is 20.2 Å². The maximum atomic E-state index is 13.4. The van der Waals surface area contributed by atoms with E-state index in [-0.39, 0.29) is 28.9 Å². The third kappa shape index (κ3) is 5.14. The van der Waals surface area contributed by atoms with E-state index in [2.05, 4.69) is 34.2 Å². The Labute approximate surface area is 186 Å². The van der Waals surface area contributed by atoms with Crippen LogP contribution < -0.4 is 10.2 Å². The molecule has 0 radical (unpaired) electrons. The average molecular weight is 450 g/mol. The largest absolute Gasteiger partial charge is 0.418 e. The monoisotopic (exact) mass is 449 g/mol. The van der Waals surface area contributed by atoms with Crippen LogP contribution in [0.5, 0.6) is 0 Å². The number of hydrogen-bond donors (Lipinski definition) is 1. The second kappa shape index (κ2) is 9.21. The highest BCUT2D eigenvalue weighted by Crippen LogP contribution is 2.37. The highest BCUT2D eigenvalue weighted by Gasteiger charge is 2.35. The van der Waals surface area contributed by atoms with E-state index in [0.717, 1.165) is 38.4 Å². The molecule has 1 aromatic heterocycles. The van der Waals surface area contributed by atoms with Gasteiger partial charge in [0.05, 0.1) is 11.3 Å². The third-order valence-electron chi connectivity index (χ3n) is 6.47. The van der Waals surface area contributed by atoms with Crippen molar-refractivity contribution in [3.05, 3.63) is 30.1 Å². The lowest BCUT2D eigenvalue weighted by molar-refractivity contribution is -0.136. The maximum Gasteiger partial charge on any atom is 0.418 e. The summed E-state index contributed by atoms with van der Waals surface area (Å²) in [6, 6.07) is 2.51. The van der Waals surface area contributed by atoms with Gasteiger partial charge in [0.2, 0.25) is 5.91 Å². The summed E-state index contributed by atoms with van der Waals surface area (Å²) in [5.74, 6) is 0.713. The number of halogens is 3. The van der Waals surface area contributed by atoms with Gasteiger partial charge in [-0.2, -0.15) is 13.2 Å². The molecule has 3 heterocycles. The average Bonchev–Trinajstić information content (AvgIpc) is 2.71. The number of carbonyl (C=O) groups excluding carboxylic acids is 1. The van der Waals surface area contributed by atoms with Gasteiger partial charge in [-0.25, -0.2) is 0 Å². The Morgan fingerprint density at radius 1 is 1.16 bits per heavy atom. The lowest BCUT2D eigenvalue weighted by Gasteiger charge is -2.39. The molecule has 3 atom stereocenters. The zero-order valence-electron chi connectivity index (χ0n) is 18.5. The van der Waals surface area contributed by atoms with E-state index in [0.29, 0.717) is 31.1 Å². The molecule has 0 aliphatic carbocycles. The SMILES string of the molecule is C[C@H]1C[C@@H](NC(=O)CC2CCCN(C)C2)CN(c2ccc(C(F)(F)F)c3nccnc23)C1. The molecule has 1 N–H and O–H groups in total. The van der Waals surface area contributed by atoms with Crippen LogP contribution in [0.3, 0.4) is 0 Å². The summed E-state index contributed by atoms with van der Waals surface area (Å²) in [5.41, 5.74) is -0.0537. The van der Waals surface area contributed by atoms with E-state index in [1.807, 2.05) is 4.90 Å². The summed E-state index contributed by atoms with van der Waals surface area (Å²) in [6.07, 6.45) is 1.75. The number of fused-ring (bicyclic) bond motifs is 1. The van der Waals surface area contributed by atoms with E-state index in [4.69, 9.17) is 0 Å². The van der Waals surface area contributed by atoms with Crippen LogP contribution >= 0.6 is 0 Å². The molecule has 4 rings (SSSR count). The molecule has 2 fully saturated rings. The van der Waals surface area contributed by atoms with Crippen LogP contribution in [0.4, 0.5) is 18.9 Å². The Morgan fingerprint density at radius 2 is 1.91 bits per heavy atom. The van der Waals surface area contributed by atoms with Crippen LogP contribution in [0.2, 0.25) is 0 Å². The molecule has 1 aromatic carbocycles. The van der Waals surface area contributed by atoms with Crippen LogP contribution in [0.1, 0.15) is 38.2 Å². The summed E-state index contributed by atoms with van der Waals surface area (Å²) in [4.78, 5) is 25.2. The minimum Gasteiger partial charge on any atom is -0.367 e. The smallest absolute Gasteiger partial charge is 0.367 e. The number of likely N-dealkylation sites (tertiary alicyclic amines) is 1. The van der Waals surface area contributed by atoms with Gasteiger partial charge in [-0.3, -0.25) is 14.8 Å². The number of anilines is 1. The first-order chi connectivity index (χ1) is 15.2. The predicted molar refractivity (Wildman–Crippen MR) is 117 cm³/mol. The topological polar surface area (TPSA) is 61.4 Å². The Balaban J connectivity index is 1.50. The van der Waals surface area contributed by atoms with Gasteiger partial charge in [-0.05, 0) is 56.8 Å². The molecule has 2 aromatic rings. The minimum atomic E-state index is -4.49. The van der Waals surface area contributed by atoms with Gasteiger partial charge in [0.25, 0.3) is 0 Å². The van der Waals surface area contributed by atoms with Crippen LogP contribution in [0, 0.1) is 11.8 Å². The molecular weight excluding hydrogens is 419 g/mol. The molecule has 2 aliphatic heterocycles. The van der Waals surface area contributed by atoms with E-state index in [1.165, 1.54) is 18.5 Å². The van der Waals surface area contributed by atoms with Gasteiger partial charge in [-0.15, -0.1) is 0 Å². The molecule has 174 valence electrons. The van der Waals surface area contributed by atoms with Crippen molar-refractivity contribution in [2.24, 2.45) is 11.8 Å². The number of piperidine rings is 2. The van der Waals surface area contributed by atoms with Crippen LogP contribution in [0.15, 0.2) is 24.5 Å². The number of hydrogen-bond acceptors (Lipinski definition) is 5.